The van der Waals surface area contributed by atoms with E-state index >= 15 is 8.78 Å². The van der Waals surface area contributed by atoms with Crippen molar-refractivity contribution in [3.63, 3.8) is 0 Å². The summed E-state index contributed by atoms with van der Waals surface area (Å²) in [5, 5.41) is 13.7. The fourth-order valence-corrected chi connectivity index (χ4v) is 6.23. The average Bonchev–Trinajstić information content (AvgIpc) is 3.07. The second-order valence-electron chi connectivity index (χ2n) is 12.4. The van der Waals surface area contributed by atoms with Gasteiger partial charge in [-0.15, -0.1) is 0 Å². The molecule has 1 saturated carbocycles. The molecule has 2 unspecified atom stereocenters. The molecule has 0 aromatic heterocycles. The van der Waals surface area contributed by atoms with Crippen LogP contribution in [0, 0.1) is 11.8 Å². The van der Waals surface area contributed by atoms with Gasteiger partial charge in [-0.05, 0) is 78.5 Å². The van der Waals surface area contributed by atoms with Crippen LogP contribution in [0.5, 0.6) is 5.75 Å². The van der Waals surface area contributed by atoms with Crippen LogP contribution in [0.4, 0.5) is 8.78 Å². The van der Waals surface area contributed by atoms with Crippen molar-refractivity contribution in [1.29, 1.82) is 0 Å². The SMILES string of the molecule is CC1CCN(C(=O)C(NC(=O)C(O)c2ccc(OCC3CCCCC3)cc2)C(F)(F)c2ccc(-c3ccc(Cl)cc3)cc2)CC1. The van der Waals surface area contributed by atoms with Gasteiger partial charge in [0.2, 0.25) is 0 Å². The Bertz CT molecular complexity index is 1420. The molecule has 1 aliphatic carbocycles. The number of likely N-dealkylation sites (tertiary alicyclic amines) is 1. The van der Waals surface area contributed by atoms with E-state index in [1.54, 1.807) is 48.5 Å². The first-order chi connectivity index (χ1) is 21.6. The largest absolute Gasteiger partial charge is 0.493 e. The van der Waals surface area contributed by atoms with E-state index in [4.69, 9.17) is 16.3 Å². The Morgan fingerprint density at radius 1 is 0.911 bits per heavy atom. The summed E-state index contributed by atoms with van der Waals surface area (Å²) in [7, 11) is 0. The number of rotatable bonds is 10. The summed E-state index contributed by atoms with van der Waals surface area (Å²) in [5.74, 6) is -4.21. The average molecular weight is 639 g/mol. The molecule has 6 nitrogen and oxygen atoms in total. The minimum absolute atomic E-state index is 0.214. The molecular formula is C36H41ClF2N2O4. The number of aliphatic hydroxyl groups is 1. The second-order valence-corrected chi connectivity index (χ2v) is 12.9. The number of hydrogen-bond acceptors (Lipinski definition) is 4. The first kappa shape index (κ1) is 32.9. The highest BCUT2D eigenvalue weighted by Crippen LogP contribution is 2.36. The van der Waals surface area contributed by atoms with Crippen molar-refractivity contribution in [3.05, 3.63) is 88.9 Å². The van der Waals surface area contributed by atoms with Gasteiger partial charge in [0.25, 0.3) is 11.8 Å². The Morgan fingerprint density at radius 3 is 2.09 bits per heavy atom. The molecule has 2 N–H and O–H groups in total. The van der Waals surface area contributed by atoms with Crippen LogP contribution in [0.1, 0.15) is 69.1 Å². The smallest absolute Gasteiger partial charge is 0.301 e. The first-order valence-corrected chi connectivity index (χ1v) is 16.2. The molecule has 0 bridgehead atoms. The molecule has 1 saturated heterocycles. The van der Waals surface area contributed by atoms with E-state index in [2.05, 4.69) is 12.2 Å². The molecule has 1 heterocycles. The number of carbonyl (C=O) groups excluding carboxylic acids is 2. The summed E-state index contributed by atoms with van der Waals surface area (Å²) >= 11 is 5.98. The van der Waals surface area contributed by atoms with Crippen LogP contribution in [0.15, 0.2) is 72.8 Å². The highest BCUT2D eigenvalue weighted by Gasteiger charge is 2.49. The fraction of sp³-hybridized carbons (Fsp3) is 0.444. The Hall–Kier alpha value is -3.49. The number of amides is 2. The van der Waals surface area contributed by atoms with Crippen molar-refractivity contribution in [2.45, 2.75) is 69.9 Å². The lowest BCUT2D eigenvalue weighted by Gasteiger charge is -2.36. The molecule has 2 fully saturated rings. The summed E-state index contributed by atoms with van der Waals surface area (Å²) in [4.78, 5) is 28.2. The number of alkyl halides is 2. The number of piperidine rings is 1. The van der Waals surface area contributed by atoms with Gasteiger partial charge in [0.1, 0.15) is 5.75 Å². The second kappa shape index (κ2) is 14.7. The van der Waals surface area contributed by atoms with E-state index in [0.29, 0.717) is 60.7 Å². The Balaban J connectivity index is 1.31. The molecule has 9 heteroatoms. The minimum Gasteiger partial charge on any atom is -0.493 e. The Morgan fingerprint density at radius 2 is 1.49 bits per heavy atom. The van der Waals surface area contributed by atoms with E-state index in [9.17, 15) is 14.7 Å². The molecule has 2 aliphatic rings. The summed E-state index contributed by atoms with van der Waals surface area (Å²) in [6, 6.07) is 16.8. The zero-order valence-corrected chi connectivity index (χ0v) is 26.3. The first-order valence-electron chi connectivity index (χ1n) is 15.9. The lowest BCUT2D eigenvalue weighted by Crippen LogP contribution is -2.58. The van der Waals surface area contributed by atoms with Crippen molar-refractivity contribution in [2.75, 3.05) is 19.7 Å². The molecule has 240 valence electrons. The van der Waals surface area contributed by atoms with Gasteiger partial charge >= 0.3 is 5.92 Å². The van der Waals surface area contributed by atoms with Gasteiger partial charge in [-0.1, -0.05) is 86.3 Å². The predicted molar refractivity (Wildman–Crippen MR) is 171 cm³/mol. The van der Waals surface area contributed by atoms with E-state index in [1.807, 2.05) is 0 Å². The minimum atomic E-state index is -3.76. The van der Waals surface area contributed by atoms with E-state index in [0.717, 1.165) is 18.4 Å². The van der Waals surface area contributed by atoms with Crippen molar-refractivity contribution >= 4 is 23.4 Å². The molecule has 1 aliphatic heterocycles. The van der Waals surface area contributed by atoms with Crippen LogP contribution in [0.3, 0.4) is 0 Å². The van der Waals surface area contributed by atoms with E-state index in [1.165, 1.54) is 48.4 Å². The van der Waals surface area contributed by atoms with E-state index in [-0.39, 0.29) is 5.56 Å². The molecule has 5 rings (SSSR count). The van der Waals surface area contributed by atoms with Gasteiger partial charge in [-0.2, -0.15) is 8.78 Å². The van der Waals surface area contributed by atoms with Crippen molar-refractivity contribution < 1.29 is 28.2 Å². The summed E-state index contributed by atoms with van der Waals surface area (Å²) in [6.07, 6.45) is 5.59. The highest BCUT2D eigenvalue weighted by molar-refractivity contribution is 6.30. The van der Waals surface area contributed by atoms with Crippen LogP contribution in [0.25, 0.3) is 11.1 Å². The Kier molecular flexibility index (Phi) is 10.8. The molecule has 2 atom stereocenters. The third-order valence-corrected chi connectivity index (χ3v) is 9.35. The maximum Gasteiger partial charge on any atom is 0.301 e. The summed E-state index contributed by atoms with van der Waals surface area (Å²) < 4.78 is 38.4. The normalized spacial score (nSPS) is 17.8. The molecule has 3 aromatic rings. The number of hydrogen-bond donors (Lipinski definition) is 2. The lowest BCUT2D eigenvalue weighted by molar-refractivity contribution is -0.152. The van der Waals surface area contributed by atoms with Gasteiger partial charge in [-0.3, -0.25) is 9.59 Å². The fourth-order valence-electron chi connectivity index (χ4n) is 6.10. The standard InChI is InChI=1S/C36H41ClF2N2O4/c1-24-19-21-41(22-20-24)35(44)33(36(38,39)29-13-7-26(8-14-29)27-9-15-30(37)16-10-27)40-34(43)32(42)28-11-17-31(18-12-28)45-23-25-5-3-2-4-6-25/h7-18,24-25,32-33,42H,2-6,19-23H2,1H3,(H,40,43). The van der Waals surface area contributed by atoms with Gasteiger partial charge in [-0.25, -0.2) is 0 Å². The van der Waals surface area contributed by atoms with Crippen LogP contribution in [-0.4, -0.2) is 47.6 Å². The molecular weight excluding hydrogens is 598 g/mol. The molecule has 3 aromatic carbocycles. The zero-order valence-electron chi connectivity index (χ0n) is 25.6. The van der Waals surface area contributed by atoms with Crippen LogP contribution in [-0.2, 0) is 15.5 Å². The molecule has 2 amide bonds. The third-order valence-electron chi connectivity index (χ3n) is 9.09. The van der Waals surface area contributed by atoms with Crippen molar-refractivity contribution in [1.82, 2.24) is 10.2 Å². The maximum atomic E-state index is 16.2. The van der Waals surface area contributed by atoms with Crippen LogP contribution < -0.4 is 10.1 Å². The zero-order chi connectivity index (χ0) is 32.0. The monoisotopic (exact) mass is 638 g/mol. The number of nitrogens with zero attached hydrogens (tertiary/aromatic N) is 1. The van der Waals surface area contributed by atoms with Gasteiger partial charge in [0.05, 0.1) is 6.61 Å². The summed E-state index contributed by atoms with van der Waals surface area (Å²) in [5.41, 5.74) is 1.29. The van der Waals surface area contributed by atoms with Gasteiger partial charge in [0.15, 0.2) is 12.1 Å². The topological polar surface area (TPSA) is 78.9 Å². The number of halogens is 3. The number of ether oxygens (including phenoxy) is 1. The maximum absolute atomic E-state index is 16.2. The van der Waals surface area contributed by atoms with Gasteiger partial charge in [0, 0.05) is 23.7 Å². The predicted octanol–water partition coefficient (Wildman–Crippen LogP) is 7.53. The van der Waals surface area contributed by atoms with Crippen molar-refractivity contribution in [3.8, 4) is 16.9 Å². The third kappa shape index (κ3) is 8.22. The molecule has 45 heavy (non-hydrogen) atoms. The summed E-state index contributed by atoms with van der Waals surface area (Å²) in [6.45, 7) is 3.31. The Labute approximate surface area is 268 Å². The number of aliphatic hydroxyl groups excluding tert-OH is 1. The van der Waals surface area contributed by atoms with E-state index < -0.39 is 35.4 Å². The quantitative estimate of drug-likeness (QED) is 0.241. The molecule has 0 spiro atoms. The number of carbonyl (C=O) groups is 2. The van der Waals surface area contributed by atoms with Crippen LogP contribution in [0.2, 0.25) is 5.02 Å². The van der Waals surface area contributed by atoms with Crippen molar-refractivity contribution in [2.24, 2.45) is 11.8 Å². The lowest BCUT2D eigenvalue weighted by atomic mass is 9.90. The number of benzene rings is 3. The van der Waals surface area contributed by atoms with Gasteiger partial charge < -0.3 is 20.1 Å². The van der Waals surface area contributed by atoms with Crippen LogP contribution >= 0.6 is 11.6 Å². The highest BCUT2D eigenvalue weighted by atomic mass is 35.5. The number of nitrogens with one attached hydrogen (secondary N) is 1. The molecule has 0 radical (unpaired) electrons.